The van der Waals surface area contributed by atoms with Gasteiger partial charge in [-0.3, -0.25) is 39.1 Å². The fraction of sp³-hybridized carbons (Fsp3) is 0.133. The molecule has 0 fully saturated rings. The molecule has 0 radical (unpaired) electrons. The zero-order valence-electron chi connectivity index (χ0n) is 23.4. The lowest BCUT2D eigenvalue weighted by atomic mass is 10.2. The molecule has 14 heteroatoms. The highest BCUT2D eigenvalue weighted by atomic mass is 16.4. The second-order valence-corrected chi connectivity index (χ2v) is 8.40. The minimum Gasteiger partial charge on any atom is -0.481 e. The number of nitrogens with one attached hydrogen (secondary N) is 2. The van der Waals surface area contributed by atoms with Crippen molar-refractivity contribution in [2.24, 2.45) is 10.2 Å². The summed E-state index contributed by atoms with van der Waals surface area (Å²) in [6, 6.07) is 17.5. The average molecular weight is 599 g/mol. The normalized spacial score (nSPS) is 10.1. The zero-order valence-corrected chi connectivity index (χ0v) is 23.4. The second-order valence-electron chi connectivity index (χ2n) is 8.40. The topological polar surface area (TPSA) is 209 Å². The van der Waals surface area contributed by atoms with Crippen LogP contribution in [0.15, 0.2) is 108 Å². The number of nitrogens with zero attached hydrogens (tertiary/aromatic N) is 6. The lowest BCUT2D eigenvalue weighted by Crippen LogP contribution is -2.18. The van der Waals surface area contributed by atoms with E-state index in [1.165, 1.54) is 12.4 Å². The van der Waals surface area contributed by atoms with E-state index >= 15 is 0 Å². The molecule has 0 aliphatic heterocycles. The van der Waals surface area contributed by atoms with Crippen LogP contribution < -0.4 is 10.9 Å². The number of unbranched alkanes of at least 4 members (excludes halogenated alkanes) is 1. The number of carbonyl (C=O) groups is 4. The zero-order chi connectivity index (χ0) is 31.8. The maximum absolute atomic E-state index is 11.5. The fourth-order valence-electron chi connectivity index (χ4n) is 2.90. The van der Waals surface area contributed by atoms with Crippen molar-refractivity contribution < 1.29 is 29.4 Å². The van der Waals surface area contributed by atoms with Crippen molar-refractivity contribution >= 4 is 36.2 Å². The molecule has 0 spiro atoms. The number of hydrazone groups is 2. The Morgan fingerprint density at radius 1 is 0.614 bits per heavy atom. The van der Waals surface area contributed by atoms with Crippen LogP contribution in [-0.4, -0.2) is 66.3 Å². The largest absolute Gasteiger partial charge is 0.481 e. The summed E-state index contributed by atoms with van der Waals surface area (Å²) in [5.74, 6) is -2.42. The van der Waals surface area contributed by atoms with Gasteiger partial charge in [0.2, 0.25) is 0 Å². The standard InChI is InChI=1S/2C12H10N4O.C6H10O4/c2*17-12(11-5-1-2-7-14-11)16-15-9-10-4-3-6-13-8-10;7-5(8)3-1-2-4-6(9)10/h2*1-9H,(H,16,17);1-4H2,(H,7,8)(H,9,10)/b2*15-9+;. The summed E-state index contributed by atoms with van der Waals surface area (Å²) in [6.45, 7) is 0. The molecule has 4 aromatic rings. The molecule has 14 nitrogen and oxygen atoms in total. The minimum absolute atomic E-state index is 0.0628. The molecule has 0 saturated heterocycles. The predicted molar refractivity (Wildman–Crippen MR) is 161 cm³/mol. The van der Waals surface area contributed by atoms with Crippen LogP contribution in [0.3, 0.4) is 0 Å². The van der Waals surface area contributed by atoms with Crippen LogP contribution in [0, 0.1) is 0 Å². The van der Waals surface area contributed by atoms with Gasteiger partial charge < -0.3 is 10.2 Å². The van der Waals surface area contributed by atoms with E-state index in [1.54, 1.807) is 85.7 Å². The Morgan fingerprint density at radius 2 is 1.05 bits per heavy atom. The number of carbonyl (C=O) groups excluding carboxylic acids is 2. The summed E-state index contributed by atoms with van der Waals surface area (Å²) in [5, 5.41) is 23.9. The van der Waals surface area contributed by atoms with Crippen LogP contribution >= 0.6 is 0 Å². The molecule has 0 saturated carbocycles. The van der Waals surface area contributed by atoms with E-state index in [1.807, 2.05) is 12.1 Å². The van der Waals surface area contributed by atoms with Crippen molar-refractivity contribution in [3.63, 3.8) is 0 Å². The molecule has 4 aromatic heterocycles. The summed E-state index contributed by atoms with van der Waals surface area (Å²) in [7, 11) is 0. The van der Waals surface area contributed by atoms with Gasteiger partial charge >= 0.3 is 11.9 Å². The number of rotatable bonds is 11. The van der Waals surface area contributed by atoms with Gasteiger partial charge in [0, 0.05) is 61.1 Å². The number of aromatic nitrogens is 4. The van der Waals surface area contributed by atoms with Crippen LogP contribution in [0.1, 0.15) is 57.8 Å². The van der Waals surface area contributed by atoms with Crippen LogP contribution in [0.25, 0.3) is 0 Å². The van der Waals surface area contributed by atoms with E-state index in [4.69, 9.17) is 10.2 Å². The van der Waals surface area contributed by atoms with Gasteiger partial charge in [-0.05, 0) is 49.2 Å². The number of hydrogen-bond acceptors (Lipinski definition) is 10. The molecular weight excluding hydrogens is 568 g/mol. The Labute approximate surface area is 252 Å². The van der Waals surface area contributed by atoms with E-state index in [0.717, 1.165) is 11.1 Å². The third-order valence-corrected chi connectivity index (χ3v) is 4.95. The third-order valence-electron chi connectivity index (χ3n) is 4.95. The van der Waals surface area contributed by atoms with Gasteiger partial charge in [-0.15, -0.1) is 0 Å². The maximum Gasteiger partial charge on any atom is 0.303 e. The average Bonchev–Trinajstić information content (AvgIpc) is 3.05. The molecule has 2 amide bonds. The summed E-state index contributed by atoms with van der Waals surface area (Å²) in [4.78, 5) is 58.5. The molecule has 0 aliphatic rings. The molecule has 0 aliphatic carbocycles. The van der Waals surface area contributed by atoms with Gasteiger partial charge in [-0.2, -0.15) is 10.2 Å². The smallest absolute Gasteiger partial charge is 0.303 e. The van der Waals surface area contributed by atoms with Gasteiger partial charge in [0.15, 0.2) is 0 Å². The Hall–Kier alpha value is -6.18. The van der Waals surface area contributed by atoms with Crippen molar-refractivity contribution in [1.29, 1.82) is 0 Å². The molecule has 4 N–H and O–H groups in total. The molecule has 0 atom stereocenters. The van der Waals surface area contributed by atoms with Gasteiger partial charge in [-0.1, -0.05) is 24.3 Å². The molecular formula is C30H30N8O6. The first-order valence-corrected chi connectivity index (χ1v) is 13.1. The summed E-state index contributed by atoms with van der Waals surface area (Å²) in [5.41, 5.74) is 7.06. The van der Waals surface area contributed by atoms with Crippen molar-refractivity contribution in [3.8, 4) is 0 Å². The fourth-order valence-corrected chi connectivity index (χ4v) is 2.90. The third kappa shape index (κ3) is 15.6. The van der Waals surface area contributed by atoms with Gasteiger partial charge in [0.1, 0.15) is 11.4 Å². The van der Waals surface area contributed by atoms with Crippen molar-refractivity contribution in [2.45, 2.75) is 25.7 Å². The van der Waals surface area contributed by atoms with Gasteiger partial charge in [-0.25, -0.2) is 10.9 Å². The SMILES string of the molecule is O=C(N/N=C/c1cccnc1)c1ccccn1.O=C(N/N=C/c1cccnc1)c1ccccn1.O=C(O)CCCCC(=O)O. The van der Waals surface area contributed by atoms with Crippen LogP contribution in [0.4, 0.5) is 0 Å². The van der Waals surface area contributed by atoms with E-state index in [0.29, 0.717) is 24.2 Å². The van der Waals surface area contributed by atoms with Crippen molar-refractivity contribution in [3.05, 3.63) is 120 Å². The molecule has 0 bridgehead atoms. The second kappa shape index (κ2) is 20.7. The lowest BCUT2D eigenvalue weighted by molar-refractivity contribution is -0.139. The first kappa shape index (κ1) is 34.0. The van der Waals surface area contributed by atoms with Crippen LogP contribution in [0.2, 0.25) is 0 Å². The molecule has 4 heterocycles. The van der Waals surface area contributed by atoms with Crippen LogP contribution in [0.5, 0.6) is 0 Å². The number of pyridine rings is 4. The Kier molecular flexibility index (Phi) is 16.0. The Morgan fingerprint density at radius 3 is 1.36 bits per heavy atom. The highest BCUT2D eigenvalue weighted by Crippen LogP contribution is 1.99. The van der Waals surface area contributed by atoms with Crippen LogP contribution in [-0.2, 0) is 9.59 Å². The van der Waals surface area contributed by atoms with E-state index in [2.05, 4.69) is 41.0 Å². The summed E-state index contributed by atoms with van der Waals surface area (Å²) >= 11 is 0. The van der Waals surface area contributed by atoms with E-state index in [9.17, 15) is 19.2 Å². The molecule has 44 heavy (non-hydrogen) atoms. The Bertz CT molecular complexity index is 1370. The maximum atomic E-state index is 11.5. The number of hydrogen-bond donors (Lipinski definition) is 4. The number of carboxylic acids is 2. The molecule has 226 valence electrons. The van der Waals surface area contributed by atoms with Gasteiger partial charge in [0.05, 0.1) is 12.4 Å². The van der Waals surface area contributed by atoms with Crippen molar-refractivity contribution in [2.75, 3.05) is 0 Å². The van der Waals surface area contributed by atoms with Gasteiger partial charge in [0.25, 0.3) is 11.8 Å². The first-order valence-electron chi connectivity index (χ1n) is 13.1. The monoisotopic (exact) mass is 598 g/mol. The highest BCUT2D eigenvalue weighted by molar-refractivity contribution is 5.93. The number of amides is 2. The highest BCUT2D eigenvalue weighted by Gasteiger charge is 2.04. The van der Waals surface area contributed by atoms with Crippen molar-refractivity contribution in [1.82, 2.24) is 30.8 Å². The van der Waals surface area contributed by atoms with E-state index < -0.39 is 11.9 Å². The number of aliphatic carboxylic acids is 2. The number of carboxylic acid groups (broad SMARTS) is 2. The summed E-state index contributed by atoms with van der Waals surface area (Å²) in [6.07, 6.45) is 13.8. The first-order chi connectivity index (χ1) is 21.3. The minimum atomic E-state index is -0.870. The molecule has 0 unspecified atom stereocenters. The molecule has 0 aromatic carbocycles. The molecule has 4 rings (SSSR count). The summed E-state index contributed by atoms with van der Waals surface area (Å²) < 4.78 is 0. The quantitative estimate of drug-likeness (QED) is 0.112. The Balaban J connectivity index is 0.000000240. The predicted octanol–water partition coefficient (Wildman–Crippen LogP) is 3.20. The lowest BCUT2D eigenvalue weighted by Gasteiger charge is -1.97. The van der Waals surface area contributed by atoms with E-state index in [-0.39, 0.29) is 24.7 Å².